The zero-order chi connectivity index (χ0) is 15.9. The topological polar surface area (TPSA) is 61.9 Å². The third-order valence-corrected chi connectivity index (χ3v) is 4.48. The molecular formula is C16H29N3O3. The summed E-state index contributed by atoms with van der Waals surface area (Å²) in [5.41, 5.74) is 0. The predicted molar refractivity (Wildman–Crippen MR) is 84.6 cm³/mol. The van der Waals surface area contributed by atoms with Crippen LogP contribution < -0.4 is 5.32 Å². The molecular weight excluding hydrogens is 282 g/mol. The lowest BCUT2D eigenvalue weighted by atomic mass is 10.1. The average Bonchev–Trinajstić information content (AvgIpc) is 2.98. The normalized spacial score (nSPS) is 24.3. The maximum absolute atomic E-state index is 12.5. The number of amides is 3. The van der Waals surface area contributed by atoms with Gasteiger partial charge in [0.1, 0.15) is 6.54 Å². The Kier molecular flexibility index (Phi) is 6.49. The molecule has 2 aliphatic rings. The quantitative estimate of drug-likeness (QED) is 0.839. The summed E-state index contributed by atoms with van der Waals surface area (Å²) in [5, 5.41) is 3.06. The van der Waals surface area contributed by atoms with Gasteiger partial charge in [0.25, 0.3) is 0 Å². The lowest BCUT2D eigenvalue weighted by molar-refractivity contribution is -0.130. The first-order valence-corrected chi connectivity index (χ1v) is 8.60. The monoisotopic (exact) mass is 311 g/mol. The summed E-state index contributed by atoms with van der Waals surface area (Å²) in [6.07, 6.45) is 4.83. The molecule has 2 aliphatic heterocycles. The molecule has 0 spiro atoms. The number of urea groups is 1. The standard InChI is InChI=1S/C16H29N3O3/c1-3-8-18-9-6-10-19(12-15(18)20)16(21)17-13(4-2)14-7-5-11-22-14/h13-14H,3-12H2,1-2H3,(H,17,21)/t13-,14-/m1/s1. The van der Waals surface area contributed by atoms with E-state index in [1.807, 2.05) is 4.90 Å². The van der Waals surface area contributed by atoms with Crippen LogP contribution in [0.3, 0.4) is 0 Å². The van der Waals surface area contributed by atoms with E-state index in [9.17, 15) is 9.59 Å². The lowest BCUT2D eigenvalue weighted by Crippen LogP contribution is -2.50. The zero-order valence-electron chi connectivity index (χ0n) is 13.8. The second-order valence-corrected chi connectivity index (χ2v) is 6.17. The van der Waals surface area contributed by atoms with E-state index < -0.39 is 0 Å². The van der Waals surface area contributed by atoms with Crippen molar-refractivity contribution in [2.24, 2.45) is 0 Å². The largest absolute Gasteiger partial charge is 0.376 e. The van der Waals surface area contributed by atoms with Crippen LogP contribution in [0.2, 0.25) is 0 Å². The molecule has 2 saturated heterocycles. The van der Waals surface area contributed by atoms with E-state index in [0.717, 1.165) is 51.8 Å². The number of carbonyl (C=O) groups is 2. The molecule has 6 nitrogen and oxygen atoms in total. The molecule has 126 valence electrons. The smallest absolute Gasteiger partial charge is 0.318 e. The molecule has 0 aromatic heterocycles. The second-order valence-electron chi connectivity index (χ2n) is 6.17. The molecule has 0 unspecified atom stereocenters. The minimum atomic E-state index is -0.131. The number of rotatable bonds is 5. The molecule has 2 atom stereocenters. The third kappa shape index (κ3) is 4.35. The summed E-state index contributed by atoms with van der Waals surface area (Å²) in [7, 11) is 0. The fourth-order valence-electron chi connectivity index (χ4n) is 3.23. The van der Waals surface area contributed by atoms with Gasteiger partial charge in [-0.2, -0.15) is 0 Å². The molecule has 0 aliphatic carbocycles. The molecule has 2 heterocycles. The maximum atomic E-state index is 12.5. The van der Waals surface area contributed by atoms with Gasteiger partial charge in [-0.15, -0.1) is 0 Å². The lowest BCUT2D eigenvalue weighted by Gasteiger charge is -2.27. The van der Waals surface area contributed by atoms with Gasteiger partial charge in [0.05, 0.1) is 12.1 Å². The molecule has 2 fully saturated rings. The minimum Gasteiger partial charge on any atom is -0.376 e. The maximum Gasteiger partial charge on any atom is 0.318 e. The second kappa shape index (κ2) is 8.36. The summed E-state index contributed by atoms with van der Waals surface area (Å²) in [6, 6.07) is -0.0888. The highest BCUT2D eigenvalue weighted by atomic mass is 16.5. The fourth-order valence-corrected chi connectivity index (χ4v) is 3.23. The van der Waals surface area contributed by atoms with Gasteiger partial charge >= 0.3 is 6.03 Å². The Bertz CT molecular complexity index is 383. The van der Waals surface area contributed by atoms with Gasteiger partial charge in [-0.25, -0.2) is 4.79 Å². The Morgan fingerprint density at radius 3 is 2.82 bits per heavy atom. The van der Waals surface area contributed by atoms with E-state index in [4.69, 9.17) is 4.74 Å². The van der Waals surface area contributed by atoms with E-state index in [2.05, 4.69) is 19.2 Å². The van der Waals surface area contributed by atoms with Crippen molar-refractivity contribution in [3.8, 4) is 0 Å². The van der Waals surface area contributed by atoms with Gasteiger partial charge in [-0.05, 0) is 32.1 Å². The number of nitrogens with zero attached hydrogens (tertiary/aromatic N) is 2. The molecule has 0 aromatic rings. The summed E-state index contributed by atoms with van der Waals surface area (Å²) in [4.78, 5) is 28.2. The molecule has 22 heavy (non-hydrogen) atoms. The van der Waals surface area contributed by atoms with Crippen molar-refractivity contribution in [1.29, 1.82) is 0 Å². The van der Waals surface area contributed by atoms with Crippen LogP contribution in [-0.4, -0.2) is 66.7 Å². The zero-order valence-corrected chi connectivity index (χ0v) is 13.8. The van der Waals surface area contributed by atoms with E-state index >= 15 is 0 Å². The molecule has 0 aromatic carbocycles. The van der Waals surface area contributed by atoms with Crippen molar-refractivity contribution in [3.05, 3.63) is 0 Å². The third-order valence-electron chi connectivity index (χ3n) is 4.48. The number of ether oxygens (including phenoxy) is 1. The van der Waals surface area contributed by atoms with Crippen molar-refractivity contribution in [1.82, 2.24) is 15.1 Å². The number of nitrogens with one attached hydrogen (secondary N) is 1. The first kappa shape index (κ1) is 17.1. The molecule has 0 radical (unpaired) electrons. The molecule has 0 saturated carbocycles. The Balaban J connectivity index is 1.89. The highest BCUT2D eigenvalue weighted by Gasteiger charge is 2.29. The van der Waals surface area contributed by atoms with Gasteiger partial charge in [0.15, 0.2) is 0 Å². The van der Waals surface area contributed by atoms with Crippen LogP contribution in [0.15, 0.2) is 0 Å². The van der Waals surface area contributed by atoms with Crippen LogP contribution in [0, 0.1) is 0 Å². The Labute approximate surface area is 133 Å². The summed E-state index contributed by atoms with van der Waals surface area (Å²) >= 11 is 0. The Morgan fingerprint density at radius 1 is 1.36 bits per heavy atom. The van der Waals surface area contributed by atoms with Gasteiger partial charge in [0, 0.05) is 26.2 Å². The molecule has 6 heteroatoms. The van der Waals surface area contributed by atoms with Crippen molar-refractivity contribution in [2.75, 3.05) is 32.8 Å². The van der Waals surface area contributed by atoms with Crippen LogP contribution in [0.5, 0.6) is 0 Å². The summed E-state index contributed by atoms with van der Waals surface area (Å²) in [5.74, 6) is 0.0552. The number of hydrogen-bond donors (Lipinski definition) is 1. The van der Waals surface area contributed by atoms with Gasteiger partial charge < -0.3 is 19.9 Å². The van der Waals surface area contributed by atoms with E-state index in [1.165, 1.54) is 0 Å². The van der Waals surface area contributed by atoms with Crippen molar-refractivity contribution in [3.63, 3.8) is 0 Å². The molecule has 0 bridgehead atoms. The SMILES string of the molecule is CCCN1CCCN(C(=O)N[C@H](CC)[C@H]2CCCO2)CC1=O. The van der Waals surface area contributed by atoms with Crippen LogP contribution in [0.4, 0.5) is 4.79 Å². The van der Waals surface area contributed by atoms with E-state index in [-0.39, 0.29) is 30.6 Å². The Morgan fingerprint density at radius 2 is 2.18 bits per heavy atom. The van der Waals surface area contributed by atoms with Gasteiger partial charge in [0.2, 0.25) is 5.91 Å². The van der Waals surface area contributed by atoms with E-state index in [0.29, 0.717) is 6.54 Å². The average molecular weight is 311 g/mol. The Hall–Kier alpha value is -1.30. The highest BCUT2D eigenvalue weighted by molar-refractivity contribution is 5.84. The van der Waals surface area contributed by atoms with Crippen LogP contribution in [-0.2, 0) is 9.53 Å². The fraction of sp³-hybridized carbons (Fsp3) is 0.875. The number of hydrogen-bond acceptors (Lipinski definition) is 3. The summed E-state index contributed by atoms with van der Waals surface area (Å²) < 4.78 is 5.68. The highest BCUT2D eigenvalue weighted by Crippen LogP contribution is 2.18. The molecule has 1 N–H and O–H groups in total. The minimum absolute atomic E-state index is 0.0418. The number of carbonyl (C=O) groups excluding carboxylic acids is 2. The first-order chi connectivity index (χ1) is 10.7. The molecule has 3 amide bonds. The van der Waals surface area contributed by atoms with Crippen molar-refractivity contribution in [2.45, 2.75) is 58.1 Å². The van der Waals surface area contributed by atoms with E-state index in [1.54, 1.807) is 4.90 Å². The van der Waals surface area contributed by atoms with Gasteiger partial charge in [-0.1, -0.05) is 13.8 Å². The summed E-state index contributed by atoms with van der Waals surface area (Å²) in [6.45, 7) is 7.26. The predicted octanol–water partition coefficient (Wildman–Crippen LogP) is 1.60. The van der Waals surface area contributed by atoms with Crippen LogP contribution >= 0.6 is 0 Å². The van der Waals surface area contributed by atoms with Crippen LogP contribution in [0.25, 0.3) is 0 Å². The van der Waals surface area contributed by atoms with Crippen molar-refractivity contribution >= 4 is 11.9 Å². The van der Waals surface area contributed by atoms with Crippen LogP contribution in [0.1, 0.15) is 46.0 Å². The van der Waals surface area contributed by atoms with Gasteiger partial charge in [-0.3, -0.25) is 4.79 Å². The first-order valence-electron chi connectivity index (χ1n) is 8.60. The van der Waals surface area contributed by atoms with Crippen molar-refractivity contribution < 1.29 is 14.3 Å². The molecule has 2 rings (SSSR count).